The molecule has 43 heavy (non-hydrogen) atoms. The van der Waals surface area contributed by atoms with Crippen LogP contribution in [-0.2, 0) is 38.4 Å². The summed E-state index contributed by atoms with van der Waals surface area (Å²) in [6.07, 6.45) is -0.863. The quantitative estimate of drug-likeness (QED) is 0.0987. The molecule has 0 spiro atoms. The van der Waals surface area contributed by atoms with E-state index in [1.54, 1.807) is 13.8 Å². The highest BCUT2D eigenvalue weighted by atomic mass is 16.4. The van der Waals surface area contributed by atoms with E-state index in [9.17, 15) is 53.7 Å². The summed E-state index contributed by atoms with van der Waals surface area (Å²) in [6.45, 7) is 1.99. The maximum Gasteiger partial charge on any atom is 0.305 e. The first-order valence-electron chi connectivity index (χ1n) is 13.8. The van der Waals surface area contributed by atoms with E-state index in [0.717, 1.165) is 0 Å². The van der Waals surface area contributed by atoms with Gasteiger partial charge in [-0.2, -0.15) is 0 Å². The lowest BCUT2D eigenvalue weighted by molar-refractivity contribution is -0.144. The zero-order chi connectivity index (χ0) is 32.7. The van der Waals surface area contributed by atoms with Gasteiger partial charge in [0.25, 0.3) is 0 Å². The first-order chi connectivity index (χ1) is 20.2. The maximum absolute atomic E-state index is 13.1. The number of carboxylic acid groups (broad SMARTS) is 2. The molecule has 0 radical (unpaired) electrons. The molecule has 1 aliphatic rings. The summed E-state index contributed by atoms with van der Waals surface area (Å²) in [7, 11) is 0. The lowest BCUT2D eigenvalue weighted by Crippen LogP contribution is -2.61. The van der Waals surface area contributed by atoms with E-state index >= 15 is 0 Å². The summed E-state index contributed by atoms with van der Waals surface area (Å²) in [5, 5.41) is 42.0. The number of carbonyl (C=O) groups excluding carboxylic acids is 6. The number of aliphatic carboxylic acids is 2. The molecule has 0 aromatic rings. The van der Waals surface area contributed by atoms with E-state index in [1.165, 1.54) is 0 Å². The molecule has 6 amide bonds. The van der Waals surface area contributed by atoms with Gasteiger partial charge in [-0.25, -0.2) is 0 Å². The van der Waals surface area contributed by atoms with Crippen molar-refractivity contribution in [3.05, 3.63) is 0 Å². The molecule has 0 bridgehead atoms. The average molecular weight is 616 g/mol. The van der Waals surface area contributed by atoms with Gasteiger partial charge in [0.15, 0.2) is 0 Å². The minimum absolute atomic E-state index is 0.0284. The maximum atomic E-state index is 13.1. The van der Waals surface area contributed by atoms with Crippen LogP contribution in [-0.4, -0.2) is 113 Å². The van der Waals surface area contributed by atoms with Gasteiger partial charge < -0.3 is 53.0 Å². The molecule has 1 rings (SSSR count). The van der Waals surface area contributed by atoms with Crippen molar-refractivity contribution in [3.8, 4) is 0 Å². The molecule has 1 heterocycles. The summed E-state index contributed by atoms with van der Waals surface area (Å²) in [6, 6.07) is -7.82. The second kappa shape index (κ2) is 18.3. The Kier molecular flexibility index (Phi) is 15.6. The Bertz CT molecular complexity index is 1050. The van der Waals surface area contributed by atoms with Crippen molar-refractivity contribution in [3.63, 3.8) is 0 Å². The summed E-state index contributed by atoms with van der Waals surface area (Å²) < 4.78 is 0. The van der Waals surface area contributed by atoms with Gasteiger partial charge in [-0.1, -0.05) is 20.3 Å². The number of amides is 6. The predicted octanol–water partition coefficient (Wildman–Crippen LogP) is -4.34. The van der Waals surface area contributed by atoms with E-state index in [4.69, 9.17) is 5.73 Å². The highest BCUT2D eigenvalue weighted by Gasteiger charge is 2.35. The van der Waals surface area contributed by atoms with Crippen LogP contribution in [0.2, 0.25) is 0 Å². The van der Waals surface area contributed by atoms with Gasteiger partial charge in [0.1, 0.15) is 30.2 Å². The van der Waals surface area contributed by atoms with Gasteiger partial charge in [-0.05, 0) is 31.7 Å². The van der Waals surface area contributed by atoms with Crippen molar-refractivity contribution in [1.29, 1.82) is 0 Å². The van der Waals surface area contributed by atoms with Crippen molar-refractivity contribution >= 4 is 47.4 Å². The van der Waals surface area contributed by atoms with Crippen LogP contribution in [0.3, 0.4) is 0 Å². The topological polar surface area (TPSA) is 295 Å². The molecule has 0 aliphatic carbocycles. The minimum Gasteiger partial charge on any atom is -0.481 e. The van der Waals surface area contributed by atoms with E-state index in [2.05, 4.69) is 31.9 Å². The lowest BCUT2D eigenvalue weighted by Gasteiger charge is -2.28. The Hall–Kier alpha value is -4.32. The molecule has 11 N–H and O–H groups in total. The lowest BCUT2D eigenvalue weighted by atomic mass is 9.97. The summed E-state index contributed by atoms with van der Waals surface area (Å²) in [5.41, 5.74) is 5.49. The van der Waals surface area contributed by atoms with Crippen LogP contribution in [0.1, 0.15) is 52.4 Å². The number of nitrogens with one attached hydrogen (secondary N) is 6. The van der Waals surface area contributed by atoms with Gasteiger partial charge in [0, 0.05) is 0 Å². The van der Waals surface area contributed by atoms with Gasteiger partial charge in [-0.15, -0.1) is 0 Å². The normalized spacial score (nSPS) is 25.4. The van der Waals surface area contributed by atoms with E-state index in [0.29, 0.717) is 19.3 Å². The number of carbonyl (C=O) groups is 8. The highest BCUT2D eigenvalue weighted by Crippen LogP contribution is 2.10. The molecular weight excluding hydrogens is 574 g/mol. The fourth-order valence-electron chi connectivity index (χ4n) is 4.02. The minimum atomic E-state index is -1.82. The zero-order valence-electron chi connectivity index (χ0n) is 24.0. The third-order valence-electron chi connectivity index (χ3n) is 6.65. The average Bonchev–Trinajstić information content (AvgIpc) is 2.94. The van der Waals surface area contributed by atoms with Crippen LogP contribution in [0, 0.1) is 5.92 Å². The fourth-order valence-corrected chi connectivity index (χ4v) is 4.02. The first kappa shape index (κ1) is 36.7. The monoisotopic (exact) mass is 615 g/mol. The molecule has 6 atom stereocenters. The van der Waals surface area contributed by atoms with Gasteiger partial charge >= 0.3 is 11.9 Å². The van der Waals surface area contributed by atoms with Crippen molar-refractivity contribution in [2.45, 2.75) is 82.6 Å². The Morgan fingerprint density at radius 3 is 1.74 bits per heavy atom. The van der Waals surface area contributed by atoms with E-state index < -0.39 is 110 Å². The van der Waals surface area contributed by atoms with Gasteiger partial charge in [-0.3, -0.25) is 38.4 Å². The Morgan fingerprint density at radius 1 is 0.767 bits per heavy atom. The molecule has 1 fully saturated rings. The zero-order valence-corrected chi connectivity index (χ0v) is 24.0. The van der Waals surface area contributed by atoms with Crippen LogP contribution in [0.4, 0.5) is 0 Å². The van der Waals surface area contributed by atoms with E-state index in [-0.39, 0.29) is 13.0 Å². The first-order valence-corrected chi connectivity index (χ1v) is 13.8. The van der Waals surface area contributed by atoms with Crippen molar-refractivity contribution in [1.82, 2.24) is 31.9 Å². The third-order valence-corrected chi connectivity index (χ3v) is 6.65. The molecule has 242 valence electrons. The third kappa shape index (κ3) is 12.6. The van der Waals surface area contributed by atoms with Crippen LogP contribution >= 0.6 is 0 Å². The SMILES string of the molecule is CC[C@H](C)[C@@H]1NC(=O)CNC(=O)[C@H](CO)NC(=O)[C@H](CCCCN)NC(=O)[C@H](CC(=O)O)NC(=O)[C@H](CC(=O)O)NC1=O. The smallest absolute Gasteiger partial charge is 0.305 e. The van der Waals surface area contributed by atoms with Crippen molar-refractivity contribution in [2.24, 2.45) is 11.7 Å². The molecule has 18 heteroatoms. The summed E-state index contributed by atoms with van der Waals surface area (Å²) >= 11 is 0. The molecule has 1 aliphatic heterocycles. The second-order valence-electron chi connectivity index (χ2n) is 10.1. The van der Waals surface area contributed by atoms with E-state index in [1.807, 2.05) is 0 Å². The largest absolute Gasteiger partial charge is 0.481 e. The molecule has 18 nitrogen and oxygen atoms in total. The standard InChI is InChI=1S/C25H41N7O11/c1-3-12(2)20-25(43)30-15(9-19(37)38)24(42)29-14(8-18(35)36)23(41)28-13(6-4-5-7-26)22(40)31-16(11-33)21(39)27-10-17(34)32-20/h12-16,20,33H,3-11,26H2,1-2H3,(H,27,39)(H,28,41)(H,29,42)(H,30,43)(H,31,40)(H,32,34)(H,35,36)(H,37,38)/t12-,13-,14-,15-,16-,20-/m0/s1. The Morgan fingerprint density at radius 2 is 1.26 bits per heavy atom. The molecule has 1 saturated heterocycles. The van der Waals surface area contributed by atoms with Crippen LogP contribution < -0.4 is 37.6 Å². The van der Waals surface area contributed by atoms with Crippen LogP contribution in [0.5, 0.6) is 0 Å². The van der Waals surface area contributed by atoms with Crippen LogP contribution in [0.15, 0.2) is 0 Å². The molecule has 0 saturated carbocycles. The number of rotatable bonds is 11. The van der Waals surface area contributed by atoms with Gasteiger partial charge in [0.05, 0.1) is 26.0 Å². The van der Waals surface area contributed by atoms with Crippen molar-refractivity contribution in [2.75, 3.05) is 19.7 Å². The Balaban J connectivity index is 3.54. The Labute approximate surface area is 247 Å². The summed E-state index contributed by atoms with van der Waals surface area (Å²) in [4.78, 5) is 101. The summed E-state index contributed by atoms with van der Waals surface area (Å²) in [5.74, 6) is -9.58. The van der Waals surface area contributed by atoms with Gasteiger partial charge in [0.2, 0.25) is 35.4 Å². The molecule has 0 unspecified atom stereocenters. The molecule has 0 aromatic heterocycles. The predicted molar refractivity (Wildman–Crippen MR) is 147 cm³/mol. The number of hydrogen-bond donors (Lipinski definition) is 10. The molecule has 0 aromatic carbocycles. The number of carboxylic acids is 2. The van der Waals surface area contributed by atoms with Crippen molar-refractivity contribution < 1.29 is 53.7 Å². The number of hydrogen-bond acceptors (Lipinski definition) is 10. The number of aliphatic hydroxyl groups excluding tert-OH is 1. The highest BCUT2D eigenvalue weighted by molar-refractivity contribution is 5.99. The molecular formula is C25H41N7O11. The number of nitrogens with two attached hydrogens (primary N) is 1. The fraction of sp³-hybridized carbons (Fsp3) is 0.680. The number of unbranched alkanes of at least 4 members (excludes halogenated alkanes) is 1. The van der Waals surface area contributed by atoms with Crippen LogP contribution in [0.25, 0.3) is 0 Å². The number of aliphatic hydroxyl groups is 1. The second-order valence-corrected chi connectivity index (χ2v) is 10.1.